The lowest BCUT2D eigenvalue weighted by molar-refractivity contribution is 0.168. The van der Waals surface area contributed by atoms with Gasteiger partial charge < -0.3 is 0 Å². The van der Waals surface area contributed by atoms with E-state index in [-0.39, 0.29) is 17.6 Å². The largest absolute Gasteiger partial charge is 0.213 e. The van der Waals surface area contributed by atoms with E-state index in [1.807, 2.05) is 6.92 Å². The molecule has 74 valence electrons. The van der Waals surface area contributed by atoms with Gasteiger partial charge in [-0.15, -0.1) is 0 Å². The number of nitriles is 1. The zero-order valence-electron chi connectivity index (χ0n) is 7.90. The quantitative estimate of drug-likeness (QED) is 0.666. The molecule has 1 saturated heterocycles. The summed E-state index contributed by atoms with van der Waals surface area (Å²) in [4.78, 5) is 0. The molecule has 13 heavy (non-hydrogen) atoms. The molecule has 0 N–H and O–H groups in total. The van der Waals surface area contributed by atoms with Crippen molar-refractivity contribution in [1.29, 1.82) is 5.26 Å². The van der Waals surface area contributed by atoms with E-state index in [2.05, 4.69) is 6.07 Å². The molecular weight excluding hydrogens is 188 g/mol. The summed E-state index contributed by atoms with van der Waals surface area (Å²) in [7, 11) is -3.01. The standard InChI is InChI=1S/C8H14N2O2S/c1-3-13(11,12)10-5-8(6-10)7(2)4-9/h7-8H,3,5-6H2,1-2H3. The highest BCUT2D eigenvalue weighted by molar-refractivity contribution is 7.89. The molecule has 0 aromatic heterocycles. The van der Waals surface area contributed by atoms with Gasteiger partial charge in [-0.3, -0.25) is 0 Å². The molecule has 0 aromatic carbocycles. The topological polar surface area (TPSA) is 61.2 Å². The summed E-state index contributed by atoms with van der Waals surface area (Å²) < 4.78 is 24.0. The van der Waals surface area contributed by atoms with Crippen LogP contribution < -0.4 is 0 Å². The zero-order chi connectivity index (χ0) is 10.1. The highest BCUT2D eigenvalue weighted by atomic mass is 32.2. The van der Waals surface area contributed by atoms with Gasteiger partial charge in [0.15, 0.2) is 0 Å². The Labute approximate surface area is 79.2 Å². The van der Waals surface area contributed by atoms with Crippen molar-refractivity contribution >= 4 is 10.0 Å². The van der Waals surface area contributed by atoms with Crippen LogP contribution in [0.25, 0.3) is 0 Å². The fourth-order valence-electron chi connectivity index (χ4n) is 1.30. The first kappa shape index (κ1) is 10.5. The van der Waals surface area contributed by atoms with Gasteiger partial charge in [0.25, 0.3) is 0 Å². The minimum atomic E-state index is -3.01. The molecule has 4 nitrogen and oxygen atoms in total. The molecule has 1 aliphatic heterocycles. The third-order valence-corrected chi connectivity index (χ3v) is 4.36. The Kier molecular flexibility index (Phi) is 2.94. The minimum Gasteiger partial charge on any atom is -0.212 e. The maximum Gasteiger partial charge on any atom is 0.213 e. The second kappa shape index (κ2) is 3.64. The van der Waals surface area contributed by atoms with Crippen molar-refractivity contribution < 1.29 is 8.42 Å². The van der Waals surface area contributed by atoms with Gasteiger partial charge in [-0.25, -0.2) is 12.7 Å². The Hall–Kier alpha value is -0.600. The van der Waals surface area contributed by atoms with E-state index in [1.165, 1.54) is 4.31 Å². The van der Waals surface area contributed by atoms with Crippen LogP contribution in [0.1, 0.15) is 13.8 Å². The first-order chi connectivity index (χ1) is 6.01. The summed E-state index contributed by atoms with van der Waals surface area (Å²) in [5.74, 6) is 0.343. The van der Waals surface area contributed by atoms with Gasteiger partial charge >= 0.3 is 0 Å². The Bertz CT molecular complexity index is 312. The van der Waals surface area contributed by atoms with Crippen LogP contribution in [0.15, 0.2) is 0 Å². The van der Waals surface area contributed by atoms with Crippen molar-refractivity contribution in [3.63, 3.8) is 0 Å². The molecule has 0 spiro atoms. The summed E-state index contributed by atoms with van der Waals surface area (Å²) in [6, 6.07) is 2.14. The van der Waals surface area contributed by atoms with Crippen LogP contribution in [0.5, 0.6) is 0 Å². The fourth-order valence-corrected chi connectivity index (χ4v) is 2.50. The molecule has 0 aliphatic carbocycles. The first-order valence-corrected chi connectivity index (χ1v) is 5.99. The Morgan fingerprint density at radius 1 is 1.62 bits per heavy atom. The monoisotopic (exact) mass is 202 g/mol. The summed E-state index contributed by atoms with van der Waals surface area (Å²) in [6.07, 6.45) is 0. The number of hydrogen-bond acceptors (Lipinski definition) is 3. The van der Waals surface area contributed by atoms with Gasteiger partial charge in [-0.2, -0.15) is 5.26 Å². The molecule has 0 bridgehead atoms. The predicted molar refractivity (Wildman–Crippen MR) is 49.3 cm³/mol. The summed E-state index contributed by atoms with van der Waals surface area (Å²) in [5.41, 5.74) is 0. The molecule has 1 atom stereocenters. The van der Waals surface area contributed by atoms with Crippen LogP contribution in [0, 0.1) is 23.2 Å². The van der Waals surface area contributed by atoms with Crippen molar-refractivity contribution in [2.45, 2.75) is 13.8 Å². The smallest absolute Gasteiger partial charge is 0.212 e. The Balaban J connectivity index is 2.48. The lowest BCUT2D eigenvalue weighted by Crippen LogP contribution is -2.52. The number of rotatable bonds is 3. The van der Waals surface area contributed by atoms with Crippen LogP contribution in [-0.2, 0) is 10.0 Å². The summed E-state index contributed by atoms with van der Waals surface area (Å²) >= 11 is 0. The summed E-state index contributed by atoms with van der Waals surface area (Å²) in [5, 5.41) is 8.60. The van der Waals surface area contributed by atoms with Crippen molar-refractivity contribution in [1.82, 2.24) is 4.31 Å². The van der Waals surface area contributed by atoms with Crippen molar-refractivity contribution in [3.8, 4) is 6.07 Å². The molecule has 5 heteroatoms. The van der Waals surface area contributed by atoms with Crippen LogP contribution in [-0.4, -0.2) is 31.6 Å². The summed E-state index contributed by atoms with van der Waals surface area (Å²) in [6.45, 7) is 4.51. The van der Waals surface area contributed by atoms with Crippen molar-refractivity contribution in [3.05, 3.63) is 0 Å². The van der Waals surface area contributed by atoms with Crippen LogP contribution in [0.3, 0.4) is 0 Å². The Morgan fingerprint density at radius 2 is 2.15 bits per heavy atom. The van der Waals surface area contributed by atoms with E-state index in [9.17, 15) is 8.42 Å². The molecule has 0 radical (unpaired) electrons. The molecule has 1 aliphatic rings. The molecule has 1 fully saturated rings. The number of sulfonamides is 1. The normalized spacial score (nSPS) is 21.9. The van der Waals surface area contributed by atoms with E-state index in [1.54, 1.807) is 6.92 Å². The molecule has 0 aromatic rings. The first-order valence-electron chi connectivity index (χ1n) is 4.38. The lowest BCUT2D eigenvalue weighted by atomic mass is 9.90. The van der Waals surface area contributed by atoms with Gasteiger partial charge in [0, 0.05) is 24.9 Å². The highest BCUT2D eigenvalue weighted by Gasteiger charge is 2.37. The van der Waals surface area contributed by atoms with Crippen LogP contribution >= 0.6 is 0 Å². The Morgan fingerprint density at radius 3 is 2.54 bits per heavy atom. The van der Waals surface area contributed by atoms with E-state index in [0.717, 1.165) is 0 Å². The predicted octanol–water partition coefficient (Wildman–Crippen LogP) is 0.428. The van der Waals surface area contributed by atoms with Gasteiger partial charge in [0.05, 0.1) is 11.8 Å². The van der Waals surface area contributed by atoms with Gasteiger partial charge in [-0.1, -0.05) is 0 Å². The average molecular weight is 202 g/mol. The second-order valence-corrected chi connectivity index (χ2v) is 5.65. The van der Waals surface area contributed by atoms with Gasteiger partial charge in [0.1, 0.15) is 0 Å². The third-order valence-electron chi connectivity index (χ3n) is 2.55. The average Bonchev–Trinajstić information content (AvgIpc) is 2.01. The number of hydrogen-bond donors (Lipinski definition) is 0. The molecule has 1 heterocycles. The van der Waals surface area contributed by atoms with E-state index in [0.29, 0.717) is 13.1 Å². The molecule has 1 rings (SSSR count). The zero-order valence-corrected chi connectivity index (χ0v) is 8.71. The van der Waals surface area contributed by atoms with Gasteiger partial charge in [0.2, 0.25) is 10.0 Å². The van der Waals surface area contributed by atoms with E-state index in [4.69, 9.17) is 5.26 Å². The third kappa shape index (κ3) is 2.01. The molecule has 0 saturated carbocycles. The second-order valence-electron chi connectivity index (χ2n) is 3.40. The van der Waals surface area contributed by atoms with Crippen molar-refractivity contribution in [2.24, 2.45) is 11.8 Å². The SMILES string of the molecule is CCS(=O)(=O)N1CC(C(C)C#N)C1. The maximum atomic E-state index is 11.3. The molecule has 1 unspecified atom stereocenters. The molecular formula is C8H14N2O2S. The van der Waals surface area contributed by atoms with Crippen LogP contribution in [0.2, 0.25) is 0 Å². The number of nitrogens with zero attached hydrogens (tertiary/aromatic N) is 2. The van der Waals surface area contributed by atoms with E-state index >= 15 is 0 Å². The van der Waals surface area contributed by atoms with Gasteiger partial charge in [-0.05, 0) is 13.8 Å². The minimum absolute atomic E-state index is 0.0386. The maximum absolute atomic E-state index is 11.3. The molecule has 0 amide bonds. The van der Waals surface area contributed by atoms with Crippen LogP contribution in [0.4, 0.5) is 0 Å². The fraction of sp³-hybridized carbons (Fsp3) is 0.875. The lowest BCUT2D eigenvalue weighted by Gasteiger charge is -2.39. The van der Waals surface area contributed by atoms with Crippen molar-refractivity contribution in [2.75, 3.05) is 18.8 Å². The van der Waals surface area contributed by atoms with E-state index < -0.39 is 10.0 Å². The highest BCUT2D eigenvalue weighted by Crippen LogP contribution is 2.25.